The van der Waals surface area contributed by atoms with Gasteiger partial charge in [-0.2, -0.15) is 5.26 Å². The van der Waals surface area contributed by atoms with Gasteiger partial charge in [0.25, 0.3) is 0 Å². The predicted molar refractivity (Wildman–Crippen MR) is 108 cm³/mol. The number of rotatable bonds is 5. The van der Waals surface area contributed by atoms with E-state index >= 15 is 0 Å². The van der Waals surface area contributed by atoms with Crippen molar-refractivity contribution >= 4 is 12.2 Å². The zero-order valence-electron chi connectivity index (χ0n) is 15.1. The first kappa shape index (κ1) is 17.1. The van der Waals surface area contributed by atoms with Crippen molar-refractivity contribution in [2.45, 2.75) is 24.7 Å². The number of fused-ring (bicyclic) bond motifs is 1. The Hall–Kier alpha value is -3.38. The summed E-state index contributed by atoms with van der Waals surface area (Å²) in [5.74, 6) is 0.806. The molecular weight excluding hydrogens is 332 g/mol. The van der Waals surface area contributed by atoms with Gasteiger partial charge in [0, 0.05) is 12.0 Å². The van der Waals surface area contributed by atoms with Crippen LogP contribution in [0.4, 0.5) is 0 Å². The molecule has 3 nitrogen and oxygen atoms in total. The average Bonchev–Trinajstić information content (AvgIpc) is 3.35. The average molecular weight is 352 g/mol. The number of pyridine rings is 1. The predicted octanol–water partition coefficient (Wildman–Crippen LogP) is 5.58. The highest BCUT2D eigenvalue weighted by atomic mass is 16.3. The summed E-state index contributed by atoms with van der Waals surface area (Å²) in [5.41, 5.74) is 5.26. The number of aromatic nitrogens is 1. The van der Waals surface area contributed by atoms with E-state index in [1.54, 1.807) is 12.3 Å². The third-order valence-electron chi connectivity index (χ3n) is 5.35. The quantitative estimate of drug-likeness (QED) is 0.602. The Bertz CT molecular complexity index is 1040. The van der Waals surface area contributed by atoms with Crippen LogP contribution >= 0.6 is 0 Å². The molecule has 0 aliphatic heterocycles. The van der Waals surface area contributed by atoms with Gasteiger partial charge in [-0.25, -0.2) is 0 Å². The summed E-state index contributed by atoms with van der Waals surface area (Å²) in [7, 11) is 0. The largest absolute Gasteiger partial charge is 0.469 e. The number of nitrogens with zero attached hydrogens (tertiary/aromatic N) is 2. The van der Waals surface area contributed by atoms with Crippen LogP contribution in [0.5, 0.6) is 0 Å². The Morgan fingerprint density at radius 1 is 1.15 bits per heavy atom. The third-order valence-corrected chi connectivity index (χ3v) is 5.35. The van der Waals surface area contributed by atoms with E-state index in [0.29, 0.717) is 6.42 Å². The Balaban J connectivity index is 1.98. The van der Waals surface area contributed by atoms with Crippen molar-refractivity contribution in [3.63, 3.8) is 0 Å². The minimum Gasteiger partial charge on any atom is -0.469 e. The van der Waals surface area contributed by atoms with E-state index in [9.17, 15) is 5.26 Å². The molecule has 0 spiro atoms. The molecule has 132 valence electrons. The van der Waals surface area contributed by atoms with Gasteiger partial charge in [-0.1, -0.05) is 49.6 Å². The van der Waals surface area contributed by atoms with E-state index in [4.69, 9.17) is 9.40 Å². The molecule has 3 aromatic rings. The molecule has 0 saturated heterocycles. The number of furan rings is 1. The smallest absolute Gasteiger partial charge is 0.107 e. The van der Waals surface area contributed by atoms with Gasteiger partial charge < -0.3 is 4.42 Å². The SMILES string of the molecule is C=Cc1nc2c(c(-c3ccccc3)c1C=C)CC[C@@]2(C#N)Cc1ccco1. The standard InChI is InChI=1S/C24H20N2O/c1-3-19-21(4-2)26-23-20(22(19)17-9-6-5-7-10-17)12-13-24(23,16-25)15-18-11-8-14-27-18/h3-11,14H,1-2,12-13,15H2/t24-/m0/s1. The van der Waals surface area contributed by atoms with Crippen molar-refractivity contribution in [1.29, 1.82) is 5.26 Å². The summed E-state index contributed by atoms with van der Waals surface area (Å²) in [6, 6.07) is 16.6. The van der Waals surface area contributed by atoms with E-state index in [1.165, 1.54) is 0 Å². The normalized spacial score (nSPS) is 17.9. The molecule has 0 bridgehead atoms. The highest BCUT2D eigenvalue weighted by Gasteiger charge is 2.43. The van der Waals surface area contributed by atoms with Crippen LogP contribution in [0.1, 0.15) is 34.7 Å². The second-order valence-corrected chi connectivity index (χ2v) is 6.84. The molecule has 27 heavy (non-hydrogen) atoms. The van der Waals surface area contributed by atoms with Gasteiger partial charge in [-0.15, -0.1) is 0 Å². The van der Waals surface area contributed by atoms with Gasteiger partial charge in [0.2, 0.25) is 0 Å². The minimum atomic E-state index is -0.686. The monoisotopic (exact) mass is 352 g/mol. The summed E-state index contributed by atoms with van der Waals surface area (Å²) in [6.45, 7) is 7.94. The van der Waals surface area contributed by atoms with Crippen molar-refractivity contribution < 1.29 is 4.42 Å². The molecule has 2 heterocycles. The maximum atomic E-state index is 10.1. The van der Waals surface area contributed by atoms with Crippen LogP contribution in [-0.2, 0) is 18.3 Å². The maximum Gasteiger partial charge on any atom is 0.107 e. The van der Waals surface area contributed by atoms with Crippen LogP contribution in [0.25, 0.3) is 23.3 Å². The summed E-state index contributed by atoms with van der Waals surface area (Å²) < 4.78 is 5.54. The first-order chi connectivity index (χ1) is 13.2. The first-order valence-corrected chi connectivity index (χ1v) is 9.03. The van der Waals surface area contributed by atoms with Gasteiger partial charge in [0.15, 0.2) is 0 Å². The molecule has 1 aliphatic rings. The zero-order valence-corrected chi connectivity index (χ0v) is 15.1. The molecule has 1 aromatic carbocycles. The van der Waals surface area contributed by atoms with Gasteiger partial charge in [0.1, 0.15) is 11.2 Å². The number of hydrogen-bond acceptors (Lipinski definition) is 3. The summed E-state index contributed by atoms with van der Waals surface area (Å²) in [6.07, 6.45) is 7.29. The van der Waals surface area contributed by atoms with Crippen LogP contribution in [0.2, 0.25) is 0 Å². The summed E-state index contributed by atoms with van der Waals surface area (Å²) >= 11 is 0. The fourth-order valence-electron chi connectivity index (χ4n) is 4.08. The van der Waals surface area contributed by atoms with Crippen molar-refractivity contribution in [2.75, 3.05) is 0 Å². The Morgan fingerprint density at radius 3 is 2.59 bits per heavy atom. The Kier molecular flexibility index (Phi) is 4.25. The van der Waals surface area contributed by atoms with Crippen LogP contribution in [0.15, 0.2) is 66.3 Å². The van der Waals surface area contributed by atoms with Gasteiger partial charge >= 0.3 is 0 Å². The van der Waals surface area contributed by atoms with Crippen molar-refractivity contribution in [1.82, 2.24) is 4.98 Å². The fraction of sp³-hybridized carbons (Fsp3) is 0.167. The molecule has 3 heteroatoms. The maximum absolute atomic E-state index is 10.1. The molecule has 0 unspecified atom stereocenters. The van der Waals surface area contributed by atoms with E-state index in [1.807, 2.05) is 36.4 Å². The molecule has 4 rings (SSSR count). The molecule has 2 aromatic heterocycles. The van der Waals surface area contributed by atoms with Crippen LogP contribution in [0, 0.1) is 11.3 Å². The topological polar surface area (TPSA) is 49.8 Å². The van der Waals surface area contributed by atoms with Crippen LogP contribution in [0.3, 0.4) is 0 Å². The van der Waals surface area contributed by atoms with Crippen LogP contribution in [-0.4, -0.2) is 4.98 Å². The molecule has 0 N–H and O–H groups in total. The minimum absolute atomic E-state index is 0.523. The lowest BCUT2D eigenvalue weighted by Crippen LogP contribution is -2.25. The zero-order chi connectivity index (χ0) is 18.9. The third kappa shape index (κ3) is 2.71. The van der Waals surface area contributed by atoms with Crippen molar-refractivity contribution in [3.05, 3.63) is 90.2 Å². The highest BCUT2D eigenvalue weighted by Crippen LogP contribution is 2.46. The lowest BCUT2D eigenvalue weighted by atomic mass is 9.81. The lowest BCUT2D eigenvalue weighted by molar-refractivity contribution is 0.437. The highest BCUT2D eigenvalue weighted by molar-refractivity contribution is 5.83. The molecule has 0 radical (unpaired) electrons. The lowest BCUT2D eigenvalue weighted by Gasteiger charge is -2.22. The second kappa shape index (κ2) is 6.74. The van der Waals surface area contributed by atoms with Gasteiger partial charge in [0.05, 0.1) is 23.7 Å². The molecule has 0 saturated carbocycles. The van der Waals surface area contributed by atoms with Gasteiger partial charge in [-0.05, 0) is 47.7 Å². The van der Waals surface area contributed by atoms with E-state index in [0.717, 1.165) is 52.2 Å². The molecule has 1 atom stereocenters. The van der Waals surface area contributed by atoms with E-state index in [-0.39, 0.29) is 0 Å². The van der Waals surface area contributed by atoms with Crippen molar-refractivity contribution in [2.24, 2.45) is 0 Å². The Morgan fingerprint density at radius 2 is 1.96 bits per heavy atom. The number of benzene rings is 1. The Labute approximate surface area is 159 Å². The summed E-state index contributed by atoms with van der Waals surface area (Å²) in [4.78, 5) is 4.88. The summed E-state index contributed by atoms with van der Waals surface area (Å²) in [5, 5.41) is 10.1. The molecular formula is C24H20N2O. The van der Waals surface area contributed by atoms with Crippen LogP contribution < -0.4 is 0 Å². The fourth-order valence-corrected chi connectivity index (χ4v) is 4.08. The van der Waals surface area contributed by atoms with E-state index < -0.39 is 5.41 Å². The van der Waals surface area contributed by atoms with E-state index in [2.05, 4.69) is 31.4 Å². The molecule has 0 fully saturated rings. The van der Waals surface area contributed by atoms with Gasteiger partial charge in [-0.3, -0.25) is 4.98 Å². The molecule has 1 aliphatic carbocycles. The molecule has 0 amide bonds. The number of hydrogen-bond donors (Lipinski definition) is 0. The first-order valence-electron chi connectivity index (χ1n) is 9.03. The number of nitriles is 1. The second-order valence-electron chi connectivity index (χ2n) is 6.84. The van der Waals surface area contributed by atoms with Crippen molar-refractivity contribution in [3.8, 4) is 17.2 Å².